The molecule has 2 rings (SSSR count). The van der Waals surface area contributed by atoms with E-state index in [0.29, 0.717) is 12.5 Å². The van der Waals surface area contributed by atoms with Crippen molar-refractivity contribution in [3.8, 4) is 0 Å². The maximum absolute atomic E-state index is 13.3. The summed E-state index contributed by atoms with van der Waals surface area (Å²) in [4.78, 5) is 4.63. The number of hydrogen-bond donors (Lipinski definition) is 2. The maximum Gasteiger partial charge on any atom is 0.159 e. The van der Waals surface area contributed by atoms with Crippen molar-refractivity contribution < 1.29 is 8.78 Å². The zero-order valence-electron chi connectivity index (χ0n) is 12.6. The molecule has 118 valence electrons. The lowest BCUT2D eigenvalue weighted by molar-refractivity contribution is 0.101. The normalized spacial score (nSPS) is 22.4. The van der Waals surface area contributed by atoms with E-state index in [9.17, 15) is 8.78 Å². The van der Waals surface area contributed by atoms with E-state index in [-0.39, 0.29) is 6.04 Å². The van der Waals surface area contributed by atoms with Crippen molar-refractivity contribution in [2.75, 3.05) is 33.7 Å². The minimum absolute atomic E-state index is 0.0359. The van der Waals surface area contributed by atoms with E-state index < -0.39 is 11.6 Å². The summed E-state index contributed by atoms with van der Waals surface area (Å²) in [5.41, 5.74) is 3.56. The highest BCUT2D eigenvalue weighted by molar-refractivity contribution is 5.19. The molecule has 1 aromatic rings. The fourth-order valence-electron chi connectivity index (χ4n) is 2.85. The molecule has 1 saturated heterocycles. The van der Waals surface area contributed by atoms with Gasteiger partial charge in [0.1, 0.15) is 0 Å². The first-order valence-corrected chi connectivity index (χ1v) is 7.28. The molecule has 1 heterocycles. The van der Waals surface area contributed by atoms with Crippen molar-refractivity contribution in [3.63, 3.8) is 0 Å². The third-order valence-corrected chi connectivity index (χ3v) is 4.24. The Hall–Kier alpha value is -1.08. The molecule has 0 amide bonds. The molecule has 0 aromatic heterocycles. The summed E-state index contributed by atoms with van der Waals surface area (Å²) in [6, 6.07) is 4.47. The van der Waals surface area contributed by atoms with Crippen LogP contribution in [0.4, 0.5) is 8.78 Å². The molecule has 2 atom stereocenters. The zero-order chi connectivity index (χ0) is 15.4. The Morgan fingerprint density at radius 3 is 2.71 bits per heavy atom. The highest BCUT2D eigenvalue weighted by atomic mass is 19.2. The predicted octanol–water partition coefficient (Wildman–Crippen LogP) is 0.975. The second-order valence-electron chi connectivity index (χ2n) is 5.95. The van der Waals surface area contributed by atoms with Crippen molar-refractivity contribution >= 4 is 0 Å². The number of nitrogens with two attached hydrogens (primary N) is 1. The summed E-state index contributed by atoms with van der Waals surface area (Å²) in [6.07, 6.45) is 1.46. The maximum atomic E-state index is 13.3. The summed E-state index contributed by atoms with van der Waals surface area (Å²) in [5.74, 6) is 4.01. The Bertz CT molecular complexity index is 469. The second kappa shape index (κ2) is 7.26. The molecule has 0 saturated carbocycles. The number of hydrazine groups is 1. The molecule has 1 aliphatic rings. The monoisotopic (exact) mass is 298 g/mol. The van der Waals surface area contributed by atoms with Gasteiger partial charge in [0.2, 0.25) is 0 Å². The number of nitrogens with one attached hydrogen (secondary N) is 1. The second-order valence-corrected chi connectivity index (χ2v) is 5.95. The first-order valence-electron chi connectivity index (χ1n) is 7.28. The van der Waals surface area contributed by atoms with Gasteiger partial charge < -0.3 is 9.80 Å². The molecule has 3 N–H and O–H groups in total. The number of piperazine rings is 1. The van der Waals surface area contributed by atoms with Crippen LogP contribution in [0.3, 0.4) is 0 Å². The Morgan fingerprint density at radius 2 is 2.05 bits per heavy atom. The van der Waals surface area contributed by atoms with Gasteiger partial charge in [0.05, 0.1) is 0 Å². The first kappa shape index (κ1) is 16.3. The van der Waals surface area contributed by atoms with E-state index in [1.54, 1.807) is 6.07 Å². The van der Waals surface area contributed by atoms with Crippen LogP contribution in [0, 0.1) is 11.6 Å². The molecule has 4 nitrogen and oxygen atoms in total. The Kier molecular flexibility index (Phi) is 5.64. The molecular formula is C15H24F2N4. The van der Waals surface area contributed by atoms with Crippen molar-refractivity contribution in [2.24, 2.45) is 5.84 Å². The van der Waals surface area contributed by atoms with Gasteiger partial charge in [0.25, 0.3) is 0 Å². The van der Waals surface area contributed by atoms with Crippen LogP contribution in [0.5, 0.6) is 0 Å². The minimum atomic E-state index is -0.815. The number of nitrogens with zero attached hydrogens (tertiary/aromatic N) is 2. The molecule has 1 aliphatic heterocycles. The molecule has 0 aliphatic carbocycles. The van der Waals surface area contributed by atoms with Crippen LogP contribution < -0.4 is 11.3 Å². The summed E-state index contributed by atoms with van der Waals surface area (Å²) >= 11 is 0. The SMILES string of the molecule is CN1CCN(C)C(CC(Cc2ccc(F)c(F)c2)NN)C1. The molecule has 6 heteroatoms. The summed E-state index contributed by atoms with van der Waals surface area (Å²) in [7, 11) is 4.23. The number of benzene rings is 1. The van der Waals surface area contributed by atoms with Gasteiger partial charge in [0.15, 0.2) is 11.6 Å². The Labute approximate surface area is 124 Å². The van der Waals surface area contributed by atoms with Gasteiger partial charge in [-0.15, -0.1) is 0 Å². The van der Waals surface area contributed by atoms with Crippen LogP contribution in [0.2, 0.25) is 0 Å². The smallest absolute Gasteiger partial charge is 0.159 e. The molecule has 2 unspecified atom stereocenters. The lowest BCUT2D eigenvalue weighted by Crippen LogP contribution is -2.53. The van der Waals surface area contributed by atoms with E-state index in [4.69, 9.17) is 5.84 Å². The standard InChI is InChI=1S/C15H24F2N4/c1-20-5-6-21(2)13(10-20)9-12(19-18)7-11-3-4-14(16)15(17)8-11/h3-4,8,12-13,19H,5-7,9-10,18H2,1-2H3. The van der Waals surface area contributed by atoms with Gasteiger partial charge >= 0.3 is 0 Å². The van der Waals surface area contributed by atoms with Gasteiger partial charge in [-0.2, -0.15) is 0 Å². The predicted molar refractivity (Wildman–Crippen MR) is 79.7 cm³/mol. The van der Waals surface area contributed by atoms with E-state index in [1.807, 2.05) is 0 Å². The number of likely N-dealkylation sites (N-methyl/N-ethyl adjacent to an activating group) is 2. The van der Waals surface area contributed by atoms with Crippen LogP contribution in [0.15, 0.2) is 18.2 Å². The fraction of sp³-hybridized carbons (Fsp3) is 0.600. The molecule has 0 bridgehead atoms. The van der Waals surface area contributed by atoms with Crippen molar-refractivity contribution in [3.05, 3.63) is 35.4 Å². The number of rotatable bonds is 5. The molecule has 1 aromatic carbocycles. The van der Waals surface area contributed by atoms with Crippen LogP contribution in [0.1, 0.15) is 12.0 Å². The van der Waals surface area contributed by atoms with Crippen LogP contribution in [0.25, 0.3) is 0 Å². The van der Waals surface area contributed by atoms with E-state index in [1.165, 1.54) is 12.1 Å². The third-order valence-electron chi connectivity index (χ3n) is 4.24. The quantitative estimate of drug-likeness (QED) is 0.628. The fourth-order valence-corrected chi connectivity index (χ4v) is 2.85. The van der Waals surface area contributed by atoms with Gasteiger partial charge in [-0.1, -0.05) is 6.07 Å². The summed E-state index contributed by atoms with van der Waals surface area (Å²) in [5, 5.41) is 0. The van der Waals surface area contributed by atoms with E-state index in [0.717, 1.165) is 31.6 Å². The first-order chi connectivity index (χ1) is 9.99. The number of halogens is 2. The van der Waals surface area contributed by atoms with E-state index >= 15 is 0 Å². The van der Waals surface area contributed by atoms with Crippen LogP contribution in [-0.2, 0) is 6.42 Å². The average Bonchev–Trinajstić information content (AvgIpc) is 2.46. The largest absolute Gasteiger partial charge is 0.304 e. The summed E-state index contributed by atoms with van der Waals surface area (Å²) < 4.78 is 26.2. The third kappa shape index (κ3) is 4.44. The van der Waals surface area contributed by atoms with Gasteiger partial charge in [-0.25, -0.2) is 8.78 Å². The average molecular weight is 298 g/mol. The van der Waals surface area contributed by atoms with Gasteiger partial charge in [-0.3, -0.25) is 11.3 Å². The highest BCUT2D eigenvalue weighted by Gasteiger charge is 2.25. The lowest BCUT2D eigenvalue weighted by atomic mass is 9.97. The minimum Gasteiger partial charge on any atom is -0.304 e. The zero-order valence-corrected chi connectivity index (χ0v) is 12.6. The van der Waals surface area contributed by atoms with E-state index in [2.05, 4.69) is 29.3 Å². The molecule has 0 radical (unpaired) electrons. The van der Waals surface area contributed by atoms with Crippen LogP contribution >= 0.6 is 0 Å². The molecular weight excluding hydrogens is 274 g/mol. The topological polar surface area (TPSA) is 44.5 Å². The Balaban J connectivity index is 1.97. The van der Waals surface area contributed by atoms with Gasteiger partial charge in [-0.05, 0) is 44.6 Å². The lowest BCUT2D eigenvalue weighted by Gasteiger charge is -2.39. The molecule has 1 fully saturated rings. The Morgan fingerprint density at radius 1 is 1.29 bits per heavy atom. The molecule has 0 spiro atoms. The summed E-state index contributed by atoms with van der Waals surface area (Å²) in [6.45, 7) is 3.09. The molecule has 21 heavy (non-hydrogen) atoms. The van der Waals surface area contributed by atoms with Crippen LogP contribution in [-0.4, -0.2) is 55.6 Å². The van der Waals surface area contributed by atoms with Crippen molar-refractivity contribution in [1.29, 1.82) is 0 Å². The van der Waals surface area contributed by atoms with Crippen molar-refractivity contribution in [2.45, 2.75) is 24.9 Å². The van der Waals surface area contributed by atoms with Gasteiger partial charge in [0, 0.05) is 31.7 Å². The number of hydrogen-bond acceptors (Lipinski definition) is 4. The van der Waals surface area contributed by atoms with Crippen molar-refractivity contribution in [1.82, 2.24) is 15.2 Å². The highest BCUT2D eigenvalue weighted by Crippen LogP contribution is 2.16.